The zero-order chi connectivity index (χ0) is 14.5. The Hall–Kier alpha value is -1.88. The molecule has 0 bridgehead atoms. The van der Waals surface area contributed by atoms with Crippen LogP contribution in [0.5, 0.6) is 5.75 Å². The van der Waals surface area contributed by atoms with Crippen molar-refractivity contribution in [3.05, 3.63) is 24.0 Å². The Balaban J connectivity index is 2.39. The number of methoxy groups -OCH3 is 1. The van der Waals surface area contributed by atoms with Gasteiger partial charge in [-0.25, -0.2) is 4.98 Å². The molecule has 0 unspecified atom stereocenters. The highest BCUT2D eigenvalue weighted by Gasteiger charge is 2.11. The SMILES string of the molecule is CNCCc1nc2cc(OC)ccc2n1CCC(C)=O. The quantitative estimate of drug-likeness (QED) is 0.837. The number of hydrogen-bond donors (Lipinski definition) is 1. The monoisotopic (exact) mass is 275 g/mol. The number of nitrogens with one attached hydrogen (secondary N) is 1. The minimum Gasteiger partial charge on any atom is -0.497 e. The van der Waals surface area contributed by atoms with E-state index in [-0.39, 0.29) is 5.78 Å². The van der Waals surface area contributed by atoms with Gasteiger partial charge in [0.05, 0.1) is 18.1 Å². The molecule has 0 saturated carbocycles. The van der Waals surface area contributed by atoms with Gasteiger partial charge in [0.15, 0.2) is 0 Å². The van der Waals surface area contributed by atoms with E-state index in [2.05, 4.69) is 14.9 Å². The van der Waals surface area contributed by atoms with Crippen LogP contribution in [0.2, 0.25) is 0 Å². The molecule has 0 saturated heterocycles. The highest BCUT2D eigenvalue weighted by atomic mass is 16.5. The molecule has 0 radical (unpaired) electrons. The zero-order valence-electron chi connectivity index (χ0n) is 12.3. The Morgan fingerprint density at radius 3 is 2.90 bits per heavy atom. The van der Waals surface area contributed by atoms with Gasteiger partial charge in [0.25, 0.3) is 0 Å². The Bertz CT molecular complexity index is 604. The van der Waals surface area contributed by atoms with Gasteiger partial charge in [0, 0.05) is 32.0 Å². The van der Waals surface area contributed by atoms with Gasteiger partial charge in [-0.2, -0.15) is 0 Å². The molecule has 5 nitrogen and oxygen atoms in total. The van der Waals surface area contributed by atoms with Crippen LogP contribution in [0.15, 0.2) is 18.2 Å². The molecule has 2 aromatic rings. The Morgan fingerprint density at radius 2 is 2.25 bits per heavy atom. The summed E-state index contributed by atoms with van der Waals surface area (Å²) in [4.78, 5) is 15.9. The molecule has 0 aliphatic carbocycles. The van der Waals surface area contributed by atoms with Gasteiger partial charge in [-0.1, -0.05) is 0 Å². The number of carbonyl (C=O) groups excluding carboxylic acids is 1. The van der Waals surface area contributed by atoms with Crippen LogP contribution in [-0.2, 0) is 17.8 Å². The lowest BCUT2D eigenvalue weighted by atomic mass is 10.2. The predicted octanol–water partition coefficient (Wildman–Crippen LogP) is 1.79. The van der Waals surface area contributed by atoms with Gasteiger partial charge >= 0.3 is 0 Å². The zero-order valence-corrected chi connectivity index (χ0v) is 12.3. The van der Waals surface area contributed by atoms with Crippen molar-refractivity contribution in [1.82, 2.24) is 14.9 Å². The van der Waals surface area contributed by atoms with E-state index in [0.717, 1.165) is 35.6 Å². The number of benzene rings is 1. The predicted molar refractivity (Wildman–Crippen MR) is 79.2 cm³/mol. The van der Waals surface area contributed by atoms with Gasteiger partial charge in [-0.15, -0.1) is 0 Å². The van der Waals surface area contributed by atoms with Crippen molar-refractivity contribution in [2.75, 3.05) is 20.7 Å². The third-order valence-corrected chi connectivity index (χ3v) is 3.32. The third kappa shape index (κ3) is 3.17. The van der Waals surface area contributed by atoms with E-state index in [0.29, 0.717) is 13.0 Å². The van der Waals surface area contributed by atoms with E-state index >= 15 is 0 Å². The molecule has 108 valence electrons. The molecular formula is C15H21N3O2. The number of rotatable bonds is 7. The summed E-state index contributed by atoms with van der Waals surface area (Å²) in [5.41, 5.74) is 1.97. The summed E-state index contributed by atoms with van der Waals surface area (Å²) in [5, 5.41) is 3.13. The fraction of sp³-hybridized carbons (Fsp3) is 0.467. The summed E-state index contributed by atoms with van der Waals surface area (Å²) in [6.45, 7) is 3.16. The maximum Gasteiger partial charge on any atom is 0.131 e. The molecule has 5 heteroatoms. The van der Waals surface area contributed by atoms with E-state index in [1.807, 2.05) is 25.2 Å². The first-order valence-electron chi connectivity index (χ1n) is 6.83. The molecule has 1 aromatic heterocycles. The van der Waals surface area contributed by atoms with Gasteiger partial charge in [0.2, 0.25) is 0 Å². The number of fused-ring (bicyclic) bond motifs is 1. The van der Waals surface area contributed by atoms with Crippen molar-refractivity contribution in [1.29, 1.82) is 0 Å². The van der Waals surface area contributed by atoms with E-state index in [9.17, 15) is 4.79 Å². The first kappa shape index (κ1) is 14.5. The Morgan fingerprint density at radius 1 is 1.45 bits per heavy atom. The molecule has 0 fully saturated rings. The average Bonchev–Trinajstić information content (AvgIpc) is 2.79. The molecule has 2 rings (SSSR count). The highest BCUT2D eigenvalue weighted by molar-refractivity contribution is 5.79. The summed E-state index contributed by atoms with van der Waals surface area (Å²) < 4.78 is 7.37. The van der Waals surface area contributed by atoms with Crippen molar-refractivity contribution in [3.63, 3.8) is 0 Å². The second-order valence-electron chi connectivity index (χ2n) is 4.84. The highest BCUT2D eigenvalue weighted by Crippen LogP contribution is 2.22. The third-order valence-electron chi connectivity index (χ3n) is 3.32. The largest absolute Gasteiger partial charge is 0.497 e. The van der Waals surface area contributed by atoms with E-state index in [1.54, 1.807) is 14.0 Å². The summed E-state index contributed by atoms with van der Waals surface area (Å²) in [6, 6.07) is 5.86. The number of aromatic nitrogens is 2. The maximum atomic E-state index is 11.2. The van der Waals surface area contributed by atoms with Crippen LogP contribution >= 0.6 is 0 Å². The number of carbonyl (C=O) groups is 1. The van der Waals surface area contributed by atoms with Gasteiger partial charge in [0.1, 0.15) is 17.4 Å². The number of ether oxygens (including phenoxy) is 1. The molecule has 1 N–H and O–H groups in total. The van der Waals surface area contributed by atoms with Crippen molar-refractivity contribution >= 4 is 16.8 Å². The number of aryl methyl sites for hydroxylation is 1. The smallest absolute Gasteiger partial charge is 0.131 e. The van der Waals surface area contributed by atoms with Crippen LogP contribution in [0.25, 0.3) is 11.0 Å². The summed E-state index contributed by atoms with van der Waals surface area (Å²) >= 11 is 0. The van der Waals surface area contributed by atoms with Gasteiger partial charge < -0.3 is 14.6 Å². The van der Waals surface area contributed by atoms with Crippen LogP contribution in [0.4, 0.5) is 0 Å². The lowest BCUT2D eigenvalue weighted by Crippen LogP contribution is -2.15. The van der Waals surface area contributed by atoms with Crippen LogP contribution in [-0.4, -0.2) is 36.0 Å². The van der Waals surface area contributed by atoms with Gasteiger partial charge in [-0.3, -0.25) is 4.79 Å². The minimum atomic E-state index is 0.194. The number of nitrogens with zero attached hydrogens (tertiary/aromatic N) is 2. The summed E-state index contributed by atoms with van der Waals surface area (Å²) in [5.74, 6) is 2.00. The maximum absolute atomic E-state index is 11.2. The van der Waals surface area contributed by atoms with E-state index in [1.165, 1.54) is 0 Å². The summed E-state index contributed by atoms with van der Waals surface area (Å²) in [6.07, 6.45) is 1.37. The first-order chi connectivity index (χ1) is 9.65. The molecule has 0 aliphatic rings. The second-order valence-corrected chi connectivity index (χ2v) is 4.84. The minimum absolute atomic E-state index is 0.194. The molecule has 0 aliphatic heterocycles. The van der Waals surface area contributed by atoms with Crippen LogP contribution in [0.3, 0.4) is 0 Å². The molecule has 1 aromatic carbocycles. The lowest BCUT2D eigenvalue weighted by Gasteiger charge is -2.08. The van der Waals surface area contributed by atoms with Crippen LogP contribution in [0, 0.1) is 0 Å². The number of Topliss-reactive ketones (excluding diaryl/α,β-unsaturated/α-hetero) is 1. The lowest BCUT2D eigenvalue weighted by molar-refractivity contribution is -0.117. The van der Waals surface area contributed by atoms with Gasteiger partial charge in [-0.05, 0) is 26.1 Å². The first-order valence-corrected chi connectivity index (χ1v) is 6.83. The van der Waals surface area contributed by atoms with E-state index in [4.69, 9.17) is 4.74 Å². The molecule has 0 spiro atoms. The number of hydrogen-bond acceptors (Lipinski definition) is 4. The van der Waals surface area contributed by atoms with Crippen molar-refractivity contribution in [2.24, 2.45) is 0 Å². The second kappa shape index (κ2) is 6.52. The molecule has 0 amide bonds. The molecular weight excluding hydrogens is 254 g/mol. The Labute approximate surface area is 118 Å². The summed E-state index contributed by atoms with van der Waals surface area (Å²) in [7, 11) is 3.57. The van der Waals surface area contributed by atoms with Crippen LogP contribution < -0.4 is 10.1 Å². The fourth-order valence-electron chi connectivity index (χ4n) is 2.23. The normalized spacial score (nSPS) is 10.9. The number of imidazole rings is 1. The molecule has 1 heterocycles. The van der Waals surface area contributed by atoms with Crippen molar-refractivity contribution in [2.45, 2.75) is 26.3 Å². The fourth-order valence-corrected chi connectivity index (χ4v) is 2.23. The standard InChI is InChI=1S/C15H21N3O2/c1-11(19)7-9-18-14-5-4-12(20-3)10-13(14)17-15(18)6-8-16-2/h4-5,10,16H,6-9H2,1-3H3. The van der Waals surface area contributed by atoms with Crippen molar-refractivity contribution in [3.8, 4) is 5.75 Å². The topological polar surface area (TPSA) is 56.2 Å². The number of likely N-dealkylation sites (N-methyl/N-ethyl adjacent to an activating group) is 1. The van der Waals surface area contributed by atoms with Crippen molar-refractivity contribution < 1.29 is 9.53 Å². The van der Waals surface area contributed by atoms with E-state index < -0.39 is 0 Å². The number of ketones is 1. The molecule has 20 heavy (non-hydrogen) atoms. The Kier molecular flexibility index (Phi) is 4.74. The average molecular weight is 275 g/mol. The van der Waals surface area contributed by atoms with Crippen LogP contribution in [0.1, 0.15) is 19.2 Å². The molecule has 0 atom stereocenters.